The van der Waals surface area contributed by atoms with Crippen LogP contribution in [-0.2, 0) is 30.7 Å². The zero-order chi connectivity index (χ0) is 21.4. The lowest BCUT2D eigenvalue weighted by Gasteiger charge is -2.40. The number of pyridine rings is 1. The number of hydrogen-bond acceptors (Lipinski definition) is 7. The van der Waals surface area contributed by atoms with Gasteiger partial charge in [0, 0.05) is 18.9 Å². The molecule has 2 bridgehead atoms. The average Bonchev–Trinajstić information content (AvgIpc) is 2.91. The number of rotatable bonds is 5. The number of piperidine rings is 1. The van der Waals surface area contributed by atoms with Crippen LogP contribution < -0.4 is 10.9 Å². The van der Waals surface area contributed by atoms with Crippen molar-refractivity contribution in [2.24, 2.45) is 5.41 Å². The molecule has 1 aromatic heterocycles. The summed E-state index contributed by atoms with van der Waals surface area (Å²) < 4.78 is 35.5. The Morgan fingerprint density at radius 3 is 2.72 bits per heavy atom. The fourth-order valence-corrected chi connectivity index (χ4v) is 3.91. The van der Waals surface area contributed by atoms with E-state index < -0.39 is 45.7 Å². The van der Waals surface area contributed by atoms with Crippen molar-refractivity contribution in [1.82, 2.24) is 25.8 Å². The molecule has 0 unspecified atom stereocenters. The molecule has 158 valence electrons. The van der Waals surface area contributed by atoms with Crippen LogP contribution in [0.1, 0.15) is 25.8 Å². The van der Waals surface area contributed by atoms with E-state index in [1.165, 1.54) is 6.20 Å². The number of fused-ring (bicyclic) bond motifs is 2. The minimum absolute atomic E-state index is 0.00494. The molecule has 2 saturated heterocycles. The predicted molar refractivity (Wildman–Crippen MR) is 96.8 cm³/mol. The van der Waals surface area contributed by atoms with Crippen molar-refractivity contribution >= 4 is 28.2 Å². The first kappa shape index (κ1) is 21.0. The summed E-state index contributed by atoms with van der Waals surface area (Å²) in [5.41, 5.74) is 4.55. The van der Waals surface area contributed by atoms with E-state index in [1.54, 1.807) is 32.2 Å². The highest BCUT2D eigenvalue weighted by Crippen LogP contribution is 2.42. The number of nitrogens with one attached hydrogen (secondary N) is 2. The first-order chi connectivity index (χ1) is 13.5. The van der Waals surface area contributed by atoms with Crippen LogP contribution in [0.2, 0.25) is 0 Å². The Bertz CT molecular complexity index is 921. The number of hydrazine groups is 1. The number of amides is 4. The summed E-state index contributed by atoms with van der Waals surface area (Å²) in [5, 5.41) is 0.573. The van der Waals surface area contributed by atoms with E-state index >= 15 is 0 Å². The number of aromatic nitrogens is 1. The molecule has 0 saturated carbocycles. The highest BCUT2D eigenvalue weighted by Gasteiger charge is 2.56. The van der Waals surface area contributed by atoms with Gasteiger partial charge < -0.3 is 4.90 Å². The standard InChI is InChI=1S/C16H21N5O7S/c1-16(2)7-11(20-9-12(16)21(15(20)24)28-29(25,26)27)14(23)19-18-13(22)6-10-4-3-5-17-8-10/h3-5,8,11-12H,6-7,9H2,1-2H3,(H,18,22)(H,19,23)(H,25,26,27)/t11-,12-/m0/s1. The molecule has 0 radical (unpaired) electrons. The Morgan fingerprint density at radius 2 is 2.10 bits per heavy atom. The minimum atomic E-state index is -4.90. The first-order valence-electron chi connectivity index (χ1n) is 8.72. The van der Waals surface area contributed by atoms with Crippen LogP contribution >= 0.6 is 0 Å². The van der Waals surface area contributed by atoms with E-state index in [2.05, 4.69) is 20.1 Å². The zero-order valence-electron chi connectivity index (χ0n) is 15.7. The summed E-state index contributed by atoms with van der Waals surface area (Å²) in [5.74, 6) is -1.10. The zero-order valence-corrected chi connectivity index (χ0v) is 16.5. The predicted octanol–water partition coefficient (Wildman–Crippen LogP) is -0.589. The van der Waals surface area contributed by atoms with E-state index in [-0.39, 0.29) is 19.4 Å². The second kappa shape index (κ2) is 7.57. The van der Waals surface area contributed by atoms with Gasteiger partial charge in [0.2, 0.25) is 5.91 Å². The Hall–Kier alpha value is -2.77. The maximum atomic E-state index is 12.6. The SMILES string of the molecule is CC1(C)C[C@@H](C(=O)NNC(=O)Cc2cccnc2)N2C[C@@H]1N(OS(=O)(=O)O)C2=O. The van der Waals surface area contributed by atoms with Gasteiger partial charge in [0.15, 0.2) is 0 Å². The number of hydroxylamine groups is 2. The van der Waals surface area contributed by atoms with Crippen LogP contribution in [0.5, 0.6) is 0 Å². The summed E-state index contributed by atoms with van der Waals surface area (Å²) in [6.45, 7) is 3.52. The molecule has 2 fully saturated rings. The van der Waals surface area contributed by atoms with Crippen molar-refractivity contribution in [2.75, 3.05) is 6.54 Å². The molecule has 1 aromatic rings. The van der Waals surface area contributed by atoms with Crippen molar-refractivity contribution in [3.05, 3.63) is 30.1 Å². The highest BCUT2D eigenvalue weighted by molar-refractivity contribution is 7.80. The lowest BCUT2D eigenvalue weighted by atomic mass is 9.76. The van der Waals surface area contributed by atoms with Crippen molar-refractivity contribution < 1.29 is 31.6 Å². The Labute approximate surface area is 167 Å². The van der Waals surface area contributed by atoms with Gasteiger partial charge in [-0.3, -0.25) is 30.0 Å². The van der Waals surface area contributed by atoms with Gasteiger partial charge >= 0.3 is 16.4 Å². The van der Waals surface area contributed by atoms with Crippen molar-refractivity contribution in [3.63, 3.8) is 0 Å². The van der Waals surface area contributed by atoms with E-state index in [9.17, 15) is 22.8 Å². The number of hydrogen-bond donors (Lipinski definition) is 3. The van der Waals surface area contributed by atoms with Crippen LogP contribution in [0.4, 0.5) is 4.79 Å². The van der Waals surface area contributed by atoms with Crippen molar-refractivity contribution in [2.45, 2.75) is 38.8 Å². The van der Waals surface area contributed by atoms with Gasteiger partial charge in [-0.25, -0.2) is 4.79 Å². The summed E-state index contributed by atoms with van der Waals surface area (Å²) in [7, 11) is -4.90. The average molecular weight is 427 g/mol. The number of urea groups is 1. The third-order valence-corrected chi connectivity index (χ3v) is 5.32. The summed E-state index contributed by atoms with van der Waals surface area (Å²) in [4.78, 5) is 42.2. The van der Waals surface area contributed by atoms with E-state index in [0.29, 0.717) is 10.6 Å². The highest BCUT2D eigenvalue weighted by atomic mass is 32.3. The van der Waals surface area contributed by atoms with Gasteiger partial charge in [-0.15, -0.1) is 4.28 Å². The Morgan fingerprint density at radius 1 is 1.38 bits per heavy atom. The van der Waals surface area contributed by atoms with Crippen LogP contribution in [0.3, 0.4) is 0 Å². The van der Waals surface area contributed by atoms with Gasteiger partial charge in [-0.05, 0) is 23.5 Å². The quantitative estimate of drug-likeness (QED) is 0.415. The normalized spacial score (nSPS) is 23.1. The van der Waals surface area contributed by atoms with Crippen molar-refractivity contribution in [3.8, 4) is 0 Å². The van der Waals surface area contributed by atoms with Crippen LogP contribution in [-0.4, -0.2) is 64.4 Å². The molecule has 4 amide bonds. The van der Waals surface area contributed by atoms with Gasteiger partial charge in [0.25, 0.3) is 5.91 Å². The van der Waals surface area contributed by atoms with E-state index in [4.69, 9.17) is 4.55 Å². The second-order valence-electron chi connectivity index (χ2n) is 7.56. The minimum Gasteiger partial charge on any atom is -0.309 e. The number of carbonyl (C=O) groups excluding carboxylic acids is 3. The molecular formula is C16H21N5O7S. The molecule has 12 nitrogen and oxygen atoms in total. The van der Waals surface area contributed by atoms with Gasteiger partial charge in [0.1, 0.15) is 6.04 Å². The molecule has 2 aliphatic heterocycles. The van der Waals surface area contributed by atoms with Crippen LogP contribution in [0.25, 0.3) is 0 Å². The maximum absolute atomic E-state index is 12.6. The molecule has 29 heavy (non-hydrogen) atoms. The van der Waals surface area contributed by atoms with Gasteiger partial charge in [-0.1, -0.05) is 19.9 Å². The lowest BCUT2D eigenvalue weighted by molar-refractivity contribution is -0.133. The Balaban J connectivity index is 1.65. The first-order valence-corrected chi connectivity index (χ1v) is 10.1. The molecule has 0 spiro atoms. The molecule has 3 N–H and O–H groups in total. The number of carbonyl (C=O) groups is 3. The molecule has 13 heteroatoms. The van der Waals surface area contributed by atoms with Gasteiger partial charge in [-0.2, -0.15) is 13.5 Å². The molecule has 0 aromatic carbocycles. The molecule has 2 atom stereocenters. The summed E-state index contributed by atoms with van der Waals surface area (Å²) >= 11 is 0. The molecule has 3 heterocycles. The Kier molecular flexibility index (Phi) is 5.47. The fraction of sp³-hybridized carbons (Fsp3) is 0.500. The van der Waals surface area contributed by atoms with Gasteiger partial charge in [0.05, 0.1) is 12.5 Å². The third kappa shape index (κ3) is 4.63. The van der Waals surface area contributed by atoms with Crippen molar-refractivity contribution in [1.29, 1.82) is 0 Å². The lowest BCUT2D eigenvalue weighted by Crippen LogP contribution is -2.57. The maximum Gasteiger partial charge on any atom is 0.418 e. The fourth-order valence-electron chi connectivity index (χ4n) is 3.53. The van der Waals surface area contributed by atoms with E-state index in [0.717, 1.165) is 4.90 Å². The summed E-state index contributed by atoms with van der Waals surface area (Å²) in [6, 6.07) is 0.898. The molecule has 3 rings (SSSR count). The smallest absolute Gasteiger partial charge is 0.309 e. The van der Waals surface area contributed by atoms with E-state index in [1.807, 2.05) is 0 Å². The topological polar surface area (TPSA) is 158 Å². The number of nitrogens with zero attached hydrogens (tertiary/aromatic N) is 3. The monoisotopic (exact) mass is 427 g/mol. The van der Waals surface area contributed by atoms with Crippen LogP contribution in [0, 0.1) is 5.41 Å². The summed E-state index contributed by atoms with van der Waals surface area (Å²) in [6.07, 6.45) is 3.30. The largest absolute Gasteiger partial charge is 0.418 e. The molecule has 0 aliphatic carbocycles. The molecule has 2 aliphatic rings. The third-order valence-electron chi connectivity index (χ3n) is 4.97. The van der Waals surface area contributed by atoms with Crippen LogP contribution in [0.15, 0.2) is 24.5 Å². The second-order valence-corrected chi connectivity index (χ2v) is 8.57. The molecular weight excluding hydrogens is 406 g/mol.